The number of carbonyl (C=O) groups is 1. The van der Waals surface area contributed by atoms with Crippen molar-refractivity contribution in [1.29, 1.82) is 5.41 Å². The maximum absolute atomic E-state index is 10.8. The molecule has 1 rings (SSSR count). The molecule has 0 aromatic rings. The van der Waals surface area contributed by atoms with E-state index in [0.29, 0.717) is 11.6 Å². The number of amides is 1. The molecule has 0 aromatic heterocycles. The third-order valence-corrected chi connectivity index (χ3v) is 3.52. The Hall–Kier alpha value is -1.36. The van der Waals surface area contributed by atoms with Gasteiger partial charge in [0, 0.05) is 37.3 Å². The third-order valence-electron chi connectivity index (χ3n) is 3.52. The Balaban J connectivity index is 2.71. The van der Waals surface area contributed by atoms with E-state index in [2.05, 4.69) is 5.32 Å². The van der Waals surface area contributed by atoms with Crippen LogP contribution in [0.4, 0.5) is 0 Å². The van der Waals surface area contributed by atoms with Gasteiger partial charge in [-0.1, -0.05) is 13.8 Å². The highest BCUT2D eigenvalue weighted by molar-refractivity contribution is 5.97. The van der Waals surface area contributed by atoms with Crippen LogP contribution in [0.3, 0.4) is 0 Å². The molecule has 3 N–H and O–H groups in total. The van der Waals surface area contributed by atoms with E-state index >= 15 is 0 Å². The fourth-order valence-electron chi connectivity index (χ4n) is 2.18. The molecule has 1 fully saturated rings. The van der Waals surface area contributed by atoms with Gasteiger partial charge in [-0.25, -0.2) is 0 Å². The second-order valence-electron chi connectivity index (χ2n) is 5.23. The Morgan fingerprint density at radius 2 is 2.00 bits per heavy atom. The van der Waals surface area contributed by atoms with Gasteiger partial charge in [0.15, 0.2) is 5.88 Å². The van der Waals surface area contributed by atoms with Gasteiger partial charge in [0.1, 0.15) is 0 Å². The summed E-state index contributed by atoms with van der Waals surface area (Å²) in [6.45, 7) is 6.74. The summed E-state index contributed by atoms with van der Waals surface area (Å²) < 4.78 is 5.32. The first-order chi connectivity index (χ1) is 8.34. The molecule has 1 amide bonds. The minimum absolute atomic E-state index is 0.271. The number of aliphatic hydroxyl groups excluding tert-OH is 1. The molecular formula is C13H22N2O3. The first-order valence-corrected chi connectivity index (χ1v) is 6.19. The van der Waals surface area contributed by atoms with Crippen molar-refractivity contribution in [1.82, 2.24) is 5.32 Å². The third kappa shape index (κ3) is 3.84. The number of rotatable bonds is 4. The Labute approximate surface area is 108 Å². The number of ether oxygens (including phenoxy) is 1. The molecular weight excluding hydrogens is 232 g/mol. The smallest absolute Gasteiger partial charge is 0.223 e. The van der Waals surface area contributed by atoms with Crippen LogP contribution in [0.5, 0.6) is 0 Å². The molecule has 0 aromatic carbocycles. The van der Waals surface area contributed by atoms with Gasteiger partial charge >= 0.3 is 0 Å². The zero-order valence-electron chi connectivity index (χ0n) is 11.2. The van der Waals surface area contributed by atoms with Gasteiger partial charge in [-0.2, -0.15) is 0 Å². The van der Waals surface area contributed by atoms with Crippen LogP contribution in [0, 0.1) is 16.7 Å². The lowest BCUT2D eigenvalue weighted by Gasteiger charge is -2.36. The summed E-state index contributed by atoms with van der Waals surface area (Å²) in [6.07, 6.45) is 3.16. The molecule has 0 bridgehead atoms. The Morgan fingerprint density at radius 3 is 2.50 bits per heavy atom. The topological polar surface area (TPSA) is 82.4 Å². The summed E-state index contributed by atoms with van der Waals surface area (Å²) >= 11 is 0. The highest BCUT2D eigenvalue weighted by atomic mass is 16.5. The number of allylic oxidation sites excluding steroid dienone is 1. The van der Waals surface area contributed by atoms with Crippen LogP contribution in [0.15, 0.2) is 12.0 Å². The zero-order valence-corrected chi connectivity index (χ0v) is 11.2. The van der Waals surface area contributed by atoms with Crippen LogP contribution < -0.4 is 5.32 Å². The van der Waals surface area contributed by atoms with Crippen LogP contribution in [0.25, 0.3) is 0 Å². The minimum atomic E-state index is -0.347. The van der Waals surface area contributed by atoms with Gasteiger partial charge in [-0.05, 0) is 18.8 Å². The minimum Gasteiger partial charge on any atom is -0.494 e. The maximum Gasteiger partial charge on any atom is 0.223 e. The predicted octanol–water partition coefficient (Wildman–Crippen LogP) is 1.99. The Kier molecular flexibility index (Phi) is 4.90. The fourth-order valence-corrected chi connectivity index (χ4v) is 2.18. The molecule has 18 heavy (non-hydrogen) atoms. The second kappa shape index (κ2) is 6.00. The van der Waals surface area contributed by atoms with E-state index in [1.807, 2.05) is 13.8 Å². The number of nitrogens with one attached hydrogen (secondary N) is 2. The van der Waals surface area contributed by atoms with Crippen molar-refractivity contribution in [3.8, 4) is 0 Å². The SMILES string of the molecule is CC(=O)N/C(O)=C/C(=N)C(C)(C)C1CCOCC1. The largest absolute Gasteiger partial charge is 0.494 e. The van der Waals surface area contributed by atoms with E-state index < -0.39 is 0 Å². The lowest BCUT2D eigenvalue weighted by atomic mass is 9.71. The highest BCUT2D eigenvalue weighted by Crippen LogP contribution is 2.35. The van der Waals surface area contributed by atoms with Crippen molar-refractivity contribution < 1.29 is 14.6 Å². The average Bonchev–Trinajstić information content (AvgIpc) is 2.28. The zero-order chi connectivity index (χ0) is 13.8. The molecule has 1 aliphatic rings. The molecule has 0 unspecified atom stereocenters. The van der Waals surface area contributed by atoms with Crippen molar-refractivity contribution in [2.45, 2.75) is 33.6 Å². The van der Waals surface area contributed by atoms with E-state index in [0.717, 1.165) is 26.1 Å². The number of carbonyl (C=O) groups excluding carboxylic acids is 1. The highest BCUT2D eigenvalue weighted by Gasteiger charge is 2.34. The molecule has 102 valence electrons. The summed E-state index contributed by atoms with van der Waals surface area (Å²) in [5.74, 6) is -0.256. The summed E-state index contributed by atoms with van der Waals surface area (Å²) in [7, 11) is 0. The standard InChI is InChI=1S/C13H22N2O3/c1-9(16)15-12(17)8-11(14)13(2,3)10-4-6-18-7-5-10/h8,10,14,17H,4-7H2,1-3H3,(H,15,16)/b12-8-,14-11?. The molecule has 5 heteroatoms. The second-order valence-corrected chi connectivity index (χ2v) is 5.23. The number of hydrogen-bond donors (Lipinski definition) is 3. The molecule has 1 heterocycles. The van der Waals surface area contributed by atoms with Crippen LogP contribution in [-0.2, 0) is 9.53 Å². The van der Waals surface area contributed by atoms with Gasteiger partial charge in [0.25, 0.3) is 0 Å². The van der Waals surface area contributed by atoms with E-state index in [4.69, 9.17) is 10.1 Å². The fraction of sp³-hybridized carbons (Fsp3) is 0.692. The van der Waals surface area contributed by atoms with Crippen LogP contribution in [0.1, 0.15) is 33.6 Å². The average molecular weight is 254 g/mol. The first kappa shape index (κ1) is 14.7. The van der Waals surface area contributed by atoms with Crippen molar-refractivity contribution in [3.05, 3.63) is 12.0 Å². The summed E-state index contributed by atoms with van der Waals surface area (Å²) in [5.41, 5.74) is -0.0170. The van der Waals surface area contributed by atoms with Gasteiger partial charge < -0.3 is 15.3 Å². The molecule has 0 radical (unpaired) electrons. The molecule has 0 atom stereocenters. The van der Waals surface area contributed by atoms with Gasteiger partial charge in [-0.3, -0.25) is 10.1 Å². The van der Waals surface area contributed by atoms with Crippen LogP contribution in [-0.4, -0.2) is 29.9 Å². The van der Waals surface area contributed by atoms with Gasteiger partial charge in [0.05, 0.1) is 0 Å². The lowest BCUT2D eigenvalue weighted by Crippen LogP contribution is -2.36. The normalized spacial score (nSPS) is 18.5. The molecule has 1 aliphatic heterocycles. The van der Waals surface area contributed by atoms with Crippen molar-refractivity contribution >= 4 is 11.6 Å². The van der Waals surface area contributed by atoms with E-state index in [1.165, 1.54) is 13.0 Å². The number of aliphatic hydroxyl groups is 1. The van der Waals surface area contributed by atoms with Crippen LogP contribution >= 0.6 is 0 Å². The van der Waals surface area contributed by atoms with Gasteiger partial charge in [0.2, 0.25) is 5.91 Å². The lowest BCUT2D eigenvalue weighted by molar-refractivity contribution is -0.118. The van der Waals surface area contributed by atoms with Crippen molar-refractivity contribution in [3.63, 3.8) is 0 Å². The van der Waals surface area contributed by atoms with E-state index in [9.17, 15) is 9.90 Å². The Morgan fingerprint density at radius 1 is 1.44 bits per heavy atom. The van der Waals surface area contributed by atoms with E-state index in [1.54, 1.807) is 0 Å². The Bertz CT molecular complexity index is 355. The molecule has 5 nitrogen and oxygen atoms in total. The predicted molar refractivity (Wildman–Crippen MR) is 69.6 cm³/mol. The molecule has 0 spiro atoms. The summed E-state index contributed by atoms with van der Waals surface area (Å²) in [5, 5.41) is 19.9. The first-order valence-electron chi connectivity index (χ1n) is 6.19. The summed E-state index contributed by atoms with van der Waals surface area (Å²) in [4.78, 5) is 10.8. The number of hydrogen-bond acceptors (Lipinski definition) is 4. The monoisotopic (exact) mass is 254 g/mol. The van der Waals surface area contributed by atoms with Crippen molar-refractivity contribution in [2.24, 2.45) is 11.3 Å². The van der Waals surface area contributed by atoms with Crippen molar-refractivity contribution in [2.75, 3.05) is 13.2 Å². The summed E-state index contributed by atoms with van der Waals surface area (Å²) in [6, 6.07) is 0. The molecule has 0 aliphatic carbocycles. The molecule has 0 saturated carbocycles. The van der Waals surface area contributed by atoms with Gasteiger partial charge in [-0.15, -0.1) is 0 Å². The van der Waals surface area contributed by atoms with Crippen LogP contribution in [0.2, 0.25) is 0 Å². The quantitative estimate of drug-likeness (QED) is 0.530. The molecule has 1 saturated heterocycles. The maximum atomic E-state index is 10.8. The van der Waals surface area contributed by atoms with E-state index in [-0.39, 0.29) is 17.2 Å².